The van der Waals surface area contributed by atoms with Crippen LogP contribution in [-0.2, 0) is 53.0 Å². The van der Waals surface area contributed by atoms with E-state index in [4.69, 9.17) is 19.4 Å². The van der Waals surface area contributed by atoms with Crippen molar-refractivity contribution >= 4 is 60.3 Å². The van der Waals surface area contributed by atoms with Crippen LogP contribution in [0.2, 0.25) is 0 Å². The van der Waals surface area contributed by atoms with Gasteiger partial charge in [0, 0.05) is 51.0 Å². The van der Waals surface area contributed by atoms with Gasteiger partial charge in [0.2, 0.25) is 0 Å². The van der Waals surface area contributed by atoms with E-state index >= 15 is 0 Å². The van der Waals surface area contributed by atoms with E-state index in [1.54, 1.807) is 9.80 Å². The van der Waals surface area contributed by atoms with Crippen molar-refractivity contribution in [3.05, 3.63) is 119 Å². The molecule has 295 valence electrons. The van der Waals surface area contributed by atoms with Crippen molar-refractivity contribution in [2.75, 3.05) is 30.6 Å². The first kappa shape index (κ1) is 44.2. The van der Waals surface area contributed by atoms with E-state index in [1.807, 2.05) is 79.1 Å². The molecule has 0 spiro atoms. The summed E-state index contributed by atoms with van der Waals surface area (Å²) in [4.78, 5) is 49.3. The Hall–Kier alpha value is -4.95. The number of rotatable bonds is 8. The summed E-state index contributed by atoms with van der Waals surface area (Å²) < 4.78 is 14.0. The van der Waals surface area contributed by atoms with Crippen LogP contribution in [0, 0.1) is 0 Å². The zero-order valence-corrected chi connectivity index (χ0v) is 35.9. The van der Waals surface area contributed by atoms with Gasteiger partial charge in [-0.05, 0) is 74.9 Å². The van der Waals surface area contributed by atoms with Gasteiger partial charge >= 0.3 is 41.7 Å². The first-order valence-electron chi connectivity index (χ1n) is 19.2. The van der Waals surface area contributed by atoms with Gasteiger partial charge in [-0.25, -0.2) is 19.6 Å². The summed E-state index contributed by atoms with van der Waals surface area (Å²) in [5.41, 5.74) is 9.86. The molecule has 6 aromatic rings. The molecule has 1 N–H and O–H groups in total. The van der Waals surface area contributed by atoms with Crippen LogP contribution in [-0.4, -0.2) is 84.0 Å². The smallest absolute Gasteiger partial charge is 1.00 e. The van der Waals surface area contributed by atoms with Crippen LogP contribution in [0.5, 0.6) is 0 Å². The van der Waals surface area contributed by atoms with Crippen LogP contribution in [0.25, 0.3) is 22.1 Å². The molecule has 0 saturated carbocycles. The topological polar surface area (TPSA) is 132 Å². The van der Waals surface area contributed by atoms with Crippen molar-refractivity contribution in [3.63, 3.8) is 0 Å². The summed E-state index contributed by atoms with van der Waals surface area (Å²) in [5.74, 6) is 1.77. The number of imidazole rings is 2. The molecule has 2 aliphatic heterocycles. The third kappa shape index (κ3) is 8.73. The molecule has 3 radical (unpaired) electrons. The predicted octanol–water partition coefficient (Wildman–Crippen LogP) is 4.00. The van der Waals surface area contributed by atoms with E-state index in [0.717, 1.165) is 93.8 Å². The minimum Gasteiger partial charge on any atom is -1.00 e. The van der Waals surface area contributed by atoms with E-state index < -0.39 is 0 Å². The van der Waals surface area contributed by atoms with E-state index in [2.05, 4.69) is 28.8 Å². The van der Waals surface area contributed by atoms with Crippen LogP contribution in [0.15, 0.2) is 84.9 Å². The maximum Gasteiger partial charge on any atom is 1.00 e. The van der Waals surface area contributed by atoms with Crippen molar-refractivity contribution in [1.29, 1.82) is 0 Å². The van der Waals surface area contributed by atoms with E-state index in [1.165, 1.54) is 19.8 Å². The number of methoxy groups -OCH3 is 2. The molecule has 58 heavy (non-hydrogen) atoms. The van der Waals surface area contributed by atoms with Gasteiger partial charge in [-0.2, -0.15) is 0 Å². The van der Waals surface area contributed by atoms with Crippen molar-refractivity contribution in [1.82, 2.24) is 19.1 Å². The number of anilines is 2. The van der Waals surface area contributed by atoms with Gasteiger partial charge in [-0.3, -0.25) is 9.80 Å². The fourth-order valence-corrected chi connectivity index (χ4v) is 8.16. The molecule has 2 amide bonds. The number of aromatic nitrogens is 4. The summed E-state index contributed by atoms with van der Waals surface area (Å²) in [5, 5.41) is 9.59. The van der Waals surface area contributed by atoms with Gasteiger partial charge < -0.3 is 29.9 Å². The number of carbonyl (C=O) groups is 3. The number of hydrogen-bond acceptors (Lipinski definition) is 8. The van der Waals surface area contributed by atoms with Gasteiger partial charge in [0.15, 0.2) is 0 Å². The molecule has 12 nitrogen and oxygen atoms in total. The first-order chi connectivity index (χ1) is 27.3. The quantitative estimate of drug-likeness (QED) is 0.181. The number of amides is 2. The fraction of sp³-hybridized carbons (Fsp3) is 0.341. The summed E-state index contributed by atoms with van der Waals surface area (Å²) in [6.45, 7) is 4.87. The summed E-state index contributed by atoms with van der Waals surface area (Å²) >= 11 is 0. The van der Waals surface area contributed by atoms with Gasteiger partial charge in [-0.15, -0.1) is 0 Å². The second kappa shape index (κ2) is 19.7. The van der Waals surface area contributed by atoms with E-state index in [0.29, 0.717) is 19.4 Å². The Morgan fingerprint density at radius 2 is 1.16 bits per heavy atom. The molecule has 0 fully saturated rings. The second-order valence-electron chi connectivity index (χ2n) is 14.4. The number of fused-ring (bicyclic) bond motifs is 6. The summed E-state index contributed by atoms with van der Waals surface area (Å²) in [7, 11) is 2.81. The minimum atomic E-state index is -0.357. The van der Waals surface area contributed by atoms with Gasteiger partial charge in [0.25, 0.3) is 0 Å². The van der Waals surface area contributed by atoms with Crippen LogP contribution < -0.4 is 39.4 Å². The Bertz CT molecular complexity index is 2380. The molecule has 4 heterocycles. The average molecular weight is 792 g/mol. The summed E-state index contributed by atoms with van der Waals surface area (Å²) in [6, 6.07) is 28.3. The molecule has 4 aromatic carbocycles. The van der Waals surface area contributed by atoms with Gasteiger partial charge in [0.05, 0.1) is 60.8 Å². The zero-order chi connectivity index (χ0) is 39.3. The Kier molecular flexibility index (Phi) is 15.0. The second-order valence-corrected chi connectivity index (χ2v) is 14.4. The number of ether oxygens (including phenoxy) is 2. The van der Waals surface area contributed by atoms with Crippen LogP contribution in [0.3, 0.4) is 0 Å². The van der Waals surface area contributed by atoms with Gasteiger partial charge in [-0.1, -0.05) is 60.7 Å². The third-order valence-corrected chi connectivity index (χ3v) is 10.9. The van der Waals surface area contributed by atoms with E-state index in [-0.39, 0.29) is 76.8 Å². The number of aliphatic hydroxyl groups is 1. The van der Waals surface area contributed by atoms with Gasteiger partial charge in [0.1, 0.15) is 17.9 Å². The molecule has 0 unspecified atom stereocenters. The van der Waals surface area contributed by atoms with Crippen molar-refractivity contribution in [2.45, 2.75) is 77.5 Å². The molecule has 0 aliphatic carbocycles. The average Bonchev–Trinajstić information content (AvgIpc) is 3.75. The molecule has 8 rings (SSSR count). The van der Waals surface area contributed by atoms with Crippen LogP contribution >= 0.6 is 0 Å². The SMILES string of the molecule is COC(=O)N1c2ccc3c(nc(Cc4ccccc4)n3CC=O)c2CC[C@@H]1C.COC(=O)N1c2ccc3c(nc(Cc4ccccc4)n3CCO)c2CC[C@@H]1C.[B].[H-].[Na+]. The minimum absolute atomic E-state index is 0. The number of aryl methyl sites for hydroxylation is 2. The van der Waals surface area contributed by atoms with Crippen molar-refractivity contribution < 1.29 is 59.9 Å². The van der Waals surface area contributed by atoms with E-state index in [9.17, 15) is 19.5 Å². The monoisotopic (exact) mass is 791 g/mol. The molecular formula is C44H49BN6NaO6. The number of aliphatic hydroxyl groups excluding tert-OH is 1. The normalized spacial score (nSPS) is 15.6. The maximum absolute atomic E-state index is 12.3. The molecule has 2 aliphatic rings. The number of hydrogen-bond donors (Lipinski definition) is 1. The number of benzene rings is 4. The van der Waals surface area contributed by atoms with Crippen LogP contribution in [0.4, 0.5) is 21.0 Å². The maximum atomic E-state index is 12.3. The molecule has 2 aromatic heterocycles. The number of aldehydes is 1. The largest absolute Gasteiger partial charge is 1.00 e. The molecule has 14 heteroatoms. The first-order valence-corrected chi connectivity index (χ1v) is 19.2. The molecular weight excluding hydrogens is 742 g/mol. The van der Waals surface area contributed by atoms with Crippen LogP contribution in [0.1, 0.15) is 62.0 Å². The van der Waals surface area contributed by atoms with Crippen molar-refractivity contribution in [3.8, 4) is 0 Å². The Balaban J connectivity index is 0.000000248. The number of nitrogens with zero attached hydrogens (tertiary/aromatic N) is 6. The number of carbonyl (C=O) groups excluding carboxylic acids is 3. The molecule has 2 atom stereocenters. The fourth-order valence-electron chi connectivity index (χ4n) is 8.16. The predicted molar refractivity (Wildman–Crippen MR) is 223 cm³/mol. The summed E-state index contributed by atoms with van der Waals surface area (Å²) in [6.07, 6.45) is 4.95. The molecule has 0 bridgehead atoms. The van der Waals surface area contributed by atoms with Crippen molar-refractivity contribution in [2.24, 2.45) is 0 Å². The Labute approximate surface area is 364 Å². The zero-order valence-electron chi connectivity index (χ0n) is 34.9. The third-order valence-electron chi connectivity index (χ3n) is 10.9. The standard InChI is InChI=1S/C22H25N3O3.C22H23N3O3.B.Na.H/c2*1-15-8-9-17-18(25(15)22(27)28-2)10-11-19-21(17)23-20(24(19)12-13-26)14-16-6-4-3-5-7-16;;;/h3-7,10-11,15,26H,8-9,12-14H2,1-2H3;3-7,10-11,13,15H,8-9,12,14H2,1-2H3;;;/q;;;+1;-1/t2*15-;;;/m00.../s1. The molecule has 0 saturated heterocycles. The Morgan fingerprint density at radius 3 is 1.57 bits per heavy atom. The Morgan fingerprint density at radius 1 is 0.724 bits per heavy atom.